The fourth-order valence-corrected chi connectivity index (χ4v) is 4.98. The van der Waals surface area contributed by atoms with E-state index in [0.717, 1.165) is 49.8 Å². The average molecular weight is 498 g/mol. The molecule has 6 heterocycles. The highest BCUT2D eigenvalue weighted by molar-refractivity contribution is 5.97. The van der Waals surface area contributed by atoms with E-state index < -0.39 is 5.92 Å². The zero-order valence-corrected chi connectivity index (χ0v) is 19.6. The number of aromatic nitrogens is 6. The van der Waals surface area contributed by atoms with Crippen molar-refractivity contribution in [1.82, 2.24) is 35.0 Å². The number of aromatic amines is 2. The van der Waals surface area contributed by atoms with E-state index in [1.807, 2.05) is 30.3 Å². The van der Waals surface area contributed by atoms with Gasteiger partial charge in [-0.15, -0.1) is 0 Å². The molecule has 8 nitrogen and oxygen atoms in total. The van der Waals surface area contributed by atoms with Crippen molar-refractivity contribution in [3.63, 3.8) is 0 Å². The van der Waals surface area contributed by atoms with Crippen LogP contribution in [0.1, 0.15) is 12.0 Å². The zero-order chi connectivity index (χ0) is 25.0. The Labute approximate surface area is 209 Å². The molecule has 37 heavy (non-hydrogen) atoms. The number of halogens is 2. The van der Waals surface area contributed by atoms with Gasteiger partial charge < -0.3 is 9.40 Å². The molecule has 10 heteroatoms. The first-order valence-corrected chi connectivity index (χ1v) is 11.9. The Kier molecular flexibility index (Phi) is 4.90. The highest BCUT2D eigenvalue weighted by Gasteiger charge is 2.37. The molecule has 0 saturated carbocycles. The third-order valence-corrected chi connectivity index (χ3v) is 6.80. The first kappa shape index (κ1) is 21.8. The van der Waals surface area contributed by atoms with Crippen LogP contribution in [0.5, 0.6) is 0 Å². The van der Waals surface area contributed by atoms with Crippen LogP contribution in [0.3, 0.4) is 0 Å². The number of fused-ring (bicyclic) bond motifs is 2. The average Bonchev–Trinajstić information content (AvgIpc) is 3.69. The summed E-state index contributed by atoms with van der Waals surface area (Å²) in [7, 11) is 0. The minimum atomic E-state index is -2.61. The van der Waals surface area contributed by atoms with Gasteiger partial charge in [-0.1, -0.05) is 6.07 Å². The number of likely N-dealkylation sites (tertiary alicyclic amines) is 1. The summed E-state index contributed by atoms with van der Waals surface area (Å²) in [4.78, 5) is 18.7. The summed E-state index contributed by atoms with van der Waals surface area (Å²) in [6.07, 6.45) is 10.2. The van der Waals surface area contributed by atoms with Crippen molar-refractivity contribution in [2.45, 2.75) is 18.9 Å². The fraction of sp³-hybridized carbons (Fsp3) is 0.185. The van der Waals surface area contributed by atoms with E-state index in [4.69, 9.17) is 9.40 Å². The van der Waals surface area contributed by atoms with E-state index in [2.05, 4.69) is 25.1 Å². The molecule has 6 aromatic rings. The van der Waals surface area contributed by atoms with Gasteiger partial charge in [-0.2, -0.15) is 5.10 Å². The number of H-pyrrole nitrogens is 2. The third kappa shape index (κ3) is 3.95. The Hall–Kier alpha value is -4.44. The van der Waals surface area contributed by atoms with E-state index in [1.165, 1.54) is 0 Å². The van der Waals surface area contributed by atoms with E-state index >= 15 is 0 Å². The van der Waals surface area contributed by atoms with Gasteiger partial charge in [0.15, 0.2) is 5.82 Å². The molecular weight excluding hydrogens is 476 g/mol. The molecular formula is C27H21F2N7O. The van der Waals surface area contributed by atoms with Crippen LogP contribution < -0.4 is 0 Å². The zero-order valence-electron chi connectivity index (χ0n) is 19.6. The largest absolute Gasteiger partial charge is 0.472 e. The molecule has 0 radical (unpaired) electrons. The molecule has 1 aromatic carbocycles. The molecule has 7 rings (SSSR count). The quantitative estimate of drug-likeness (QED) is 0.319. The van der Waals surface area contributed by atoms with Gasteiger partial charge in [-0.05, 0) is 35.4 Å². The summed E-state index contributed by atoms with van der Waals surface area (Å²) < 4.78 is 32.5. The SMILES string of the molecule is FC1(F)CCN(Cc2cncc(-c3ccc4[nH]nc(-c5nc6c(-c7ccoc7)cncc6[nH]5)c4c3)c2)C1. The monoisotopic (exact) mass is 497 g/mol. The van der Waals surface area contributed by atoms with Gasteiger partial charge in [-0.25, -0.2) is 13.8 Å². The lowest BCUT2D eigenvalue weighted by Gasteiger charge is -2.15. The summed E-state index contributed by atoms with van der Waals surface area (Å²) >= 11 is 0. The molecule has 0 amide bonds. The van der Waals surface area contributed by atoms with Crippen LogP contribution in [-0.2, 0) is 6.54 Å². The van der Waals surface area contributed by atoms with Gasteiger partial charge in [0, 0.05) is 60.2 Å². The molecule has 0 aliphatic carbocycles. The number of furan rings is 1. The van der Waals surface area contributed by atoms with Crippen molar-refractivity contribution in [3.8, 4) is 33.8 Å². The highest BCUT2D eigenvalue weighted by atomic mass is 19.3. The van der Waals surface area contributed by atoms with Gasteiger partial charge in [0.1, 0.15) is 11.2 Å². The summed E-state index contributed by atoms with van der Waals surface area (Å²) in [5.41, 5.74) is 7.67. The first-order chi connectivity index (χ1) is 18.0. The Balaban J connectivity index is 1.24. The van der Waals surface area contributed by atoms with Crippen LogP contribution in [0.25, 0.3) is 55.7 Å². The van der Waals surface area contributed by atoms with Crippen LogP contribution in [0.15, 0.2) is 72.1 Å². The van der Waals surface area contributed by atoms with E-state index in [0.29, 0.717) is 24.6 Å². The first-order valence-electron chi connectivity index (χ1n) is 11.9. The number of nitrogens with one attached hydrogen (secondary N) is 2. The van der Waals surface area contributed by atoms with Crippen molar-refractivity contribution in [1.29, 1.82) is 0 Å². The van der Waals surface area contributed by atoms with Crippen molar-refractivity contribution < 1.29 is 13.2 Å². The normalized spacial score (nSPS) is 15.7. The van der Waals surface area contributed by atoms with Crippen LogP contribution in [-0.4, -0.2) is 54.0 Å². The number of hydrogen-bond donors (Lipinski definition) is 2. The smallest absolute Gasteiger partial charge is 0.261 e. The third-order valence-electron chi connectivity index (χ3n) is 6.80. The summed E-state index contributed by atoms with van der Waals surface area (Å²) in [6, 6.07) is 9.89. The Morgan fingerprint density at radius 1 is 0.973 bits per heavy atom. The second kappa shape index (κ2) is 8.31. The van der Waals surface area contributed by atoms with Gasteiger partial charge in [0.25, 0.3) is 5.92 Å². The van der Waals surface area contributed by atoms with Crippen LogP contribution in [0.4, 0.5) is 8.78 Å². The summed E-state index contributed by atoms with van der Waals surface area (Å²) in [6.45, 7) is 0.620. The van der Waals surface area contributed by atoms with E-state index in [1.54, 1.807) is 42.2 Å². The molecule has 0 bridgehead atoms. The number of hydrogen-bond acceptors (Lipinski definition) is 6. The maximum Gasteiger partial charge on any atom is 0.261 e. The maximum atomic E-state index is 13.6. The molecule has 1 fully saturated rings. The number of rotatable bonds is 5. The Bertz CT molecular complexity index is 1740. The number of imidazole rings is 1. The fourth-order valence-electron chi connectivity index (χ4n) is 4.98. The second-order valence-corrected chi connectivity index (χ2v) is 9.41. The number of benzene rings is 1. The second-order valence-electron chi connectivity index (χ2n) is 9.41. The predicted molar refractivity (Wildman–Crippen MR) is 135 cm³/mol. The Morgan fingerprint density at radius 3 is 2.73 bits per heavy atom. The minimum absolute atomic E-state index is 0.0958. The molecule has 1 saturated heterocycles. The molecule has 0 atom stereocenters. The molecule has 1 aliphatic rings. The van der Waals surface area contributed by atoms with Gasteiger partial charge in [0.05, 0.1) is 36.3 Å². The summed E-state index contributed by atoms with van der Waals surface area (Å²) in [5, 5.41) is 8.52. The number of alkyl halides is 2. The molecule has 184 valence electrons. The number of nitrogens with zero attached hydrogens (tertiary/aromatic N) is 5. The van der Waals surface area contributed by atoms with Gasteiger partial charge in [-0.3, -0.25) is 20.0 Å². The molecule has 1 aliphatic heterocycles. The minimum Gasteiger partial charge on any atom is -0.472 e. The lowest BCUT2D eigenvalue weighted by atomic mass is 10.0. The van der Waals surface area contributed by atoms with Crippen LogP contribution in [0.2, 0.25) is 0 Å². The van der Waals surface area contributed by atoms with Crippen LogP contribution >= 0.6 is 0 Å². The van der Waals surface area contributed by atoms with Crippen LogP contribution in [0, 0.1) is 0 Å². The van der Waals surface area contributed by atoms with Crippen molar-refractivity contribution >= 4 is 21.9 Å². The van der Waals surface area contributed by atoms with Crippen molar-refractivity contribution in [2.75, 3.05) is 13.1 Å². The van der Waals surface area contributed by atoms with Crippen molar-refractivity contribution in [2.24, 2.45) is 0 Å². The van der Waals surface area contributed by atoms with Gasteiger partial charge >= 0.3 is 0 Å². The number of pyridine rings is 2. The van der Waals surface area contributed by atoms with Crippen molar-refractivity contribution in [3.05, 3.63) is 73.2 Å². The van der Waals surface area contributed by atoms with Gasteiger partial charge in [0.2, 0.25) is 0 Å². The predicted octanol–water partition coefficient (Wildman–Crippen LogP) is 5.66. The molecule has 0 spiro atoms. The Morgan fingerprint density at radius 2 is 1.89 bits per heavy atom. The highest BCUT2D eigenvalue weighted by Crippen LogP contribution is 2.33. The standard InChI is InChI=1S/C27H21F2N7O/c28-27(29)4-5-36(15-27)13-16-7-19(10-30-9-16)17-1-2-22-20(8-17)25(35-34-22)26-32-23-12-31-11-21(24(23)33-26)18-3-6-37-14-18/h1-3,6-12,14H,4-5,13,15H2,(H,32,33)(H,34,35). The lowest BCUT2D eigenvalue weighted by molar-refractivity contribution is 0.0115. The van der Waals surface area contributed by atoms with E-state index in [9.17, 15) is 8.78 Å². The topological polar surface area (TPSA) is 99.5 Å². The molecule has 5 aromatic heterocycles. The molecule has 2 N–H and O–H groups in total. The molecule has 0 unspecified atom stereocenters. The maximum absolute atomic E-state index is 13.6. The van der Waals surface area contributed by atoms with E-state index in [-0.39, 0.29) is 13.0 Å². The summed E-state index contributed by atoms with van der Waals surface area (Å²) in [5.74, 6) is -1.99. The lowest BCUT2D eigenvalue weighted by Crippen LogP contribution is -2.24.